The molecule has 0 unspecified atom stereocenters. The Bertz CT molecular complexity index is 1410. The van der Waals surface area contributed by atoms with Gasteiger partial charge in [0.05, 0.1) is 6.61 Å². The van der Waals surface area contributed by atoms with E-state index in [-0.39, 0.29) is 35.8 Å². The lowest BCUT2D eigenvalue weighted by atomic mass is 9.96. The zero-order valence-corrected chi connectivity index (χ0v) is 25.6. The van der Waals surface area contributed by atoms with Crippen molar-refractivity contribution < 1.29 is 9.90 Å². The van der Waals surface area contributed by atoms with E-state index in [2.05, 4.69) is 72.0 Å². The first-order valence-corrected chi connectivity index (χ1v) is 15.3. The van der Waals surface area contributed by atoms with Crippen LogP contribution in [0.3, 0.4) is 0 Å². The number of aromatic nitrogens is 4. The van der Waals surface area contributed by atoms with Crippen LogP contribution in [0.15, 0.2) is 30.6 Å². The molecule has 0 aliphatic carbocycles. The zero-order valence-electron chi connectivity index (χ0n) is 24.8. The van der Waals surface area contributed by atoms with Crippen LogP contribution in [0.1, 0.15) is 47.8 Å². The number of halogens is 1. The first kappa shape index (κ1) is 30.9. The quantitative estimate of drug-likeness (QED) is 0.282. The van der Waals surface area contributed by atoms with Crippen molar-refractivity contribution >= 4 is 35.1 Å². The summed E-state index contributed by atoms with van der Waals surface area (Å²) in [5.41, 5.74) is 16.4. The van der Waals surface area contributed by atoms with Gasteiger partial charge in [0.25, 0.3) is 5.91 Å². The number of benzene rings is 1. The largest absolute Gasteiger partial charge is 0.395 e. The van der Waals surface area contributed by atoms with Crippen LogP contribution < -0.4 is 21.7 Å². The van der Waals surface area contributed by atoms with Gasteiger partial charge in [-0.05, 0) is 50.4 Å². The predicted molar refractivity (Wildman–Crippen MR) is 169 cm³/mol. The first-order chi connectivity index (χ1) is 20.8. The van der Waals surface area contributed by atoms with Gasteiger partial charge < -0.3 is 26.8 Å². The molecule has 230 valence electrons. The molecule has 4 heterocycles. The molecule has 1 atom stereocenters. The van der Waals surface area contributed by atoms with Gasteiger partial charge in [0.15, 0.2) is 22.5 Å². The maximum absolute atomic E-state index is 12.3. The molecule has 5 rings (SSSR count). The lowest BCUT2D eigenvalue weighted by molar-refractivity contribution is 0.0611. The van der Waals surface area contributed by atoms with E-state index in [9.17, 15) is 4.79 Å². The maximum Gasteiger partial charge on any atom is 0.273 e. The van der Waals surface area contributed by atoms with Crippen LogP contribution in [-0.4, -0.2) is 98.7 Å². The summed E-state index contributed by atoms with van der Waals surface area (Å²) in [5, 5.41) is 11.7. The average Bonchev–Trinajstić information content (AvgIpc) is 3.02. The summed E-state index contributed by atoms with van der Waals surface area (Å²) in [6, 6.07) is 7.43. The fraction of sp³-hybridized carbons (Fsp3) is 0.500. The van der Waals surface area contributed by atoms with E-state index in [0.29, 0.717) is 17.9 Å². The molecule has 2 aliphatic heterocycles. The van der Waals surface area contributed by atoms with Crippen LogP contribution in [0.5, 0.6) is 0 Å². The van der Waals surface area contributed by atoms with Crippen LogP contribution in [-0.2, 0) is 6.54 Å². The van der Waals surface area contributed by atoms with E-state index in [1.54, 1.807) is 12.4 Å². The van der Waals surface area contributed by atoms with Crippen molar-refractivity contribution in [3.63, 3.8) is 0 Å². The highest BCUT2D eigenvalue weighted by Crippen LogP contribution is 2.31. The molecule has 1 amide bonds. The number of nitrogens with zero attached hydrogens (tertiary/aromatic N) is 7. The fourth-order valence-corrected chi connectivity index (χ4v) is 6.42. The molecule has 2 fully saturated rings. The van der Waals surface area contributed by atoms with Crippen LogP contribution in [0.4, 0.5) is 17.6 Å². The Hall–Kier alpha value is -3.58. The Morgan fingerprint density at radius 1 is 1.12 bits per heavy atom. The Labute approximate surface area is 257 Å². The fourth-order valence-electron chi connectivity index (χ4n) is 6.17. The van der Waals surface area contributed by atoms with Gasteiger partial charge in [0.2, 0.25) is 5.95 Å². The molecule has 0 radical (unpaired) electrons. The molecule has 13 heteroatoms. The monoisotopic (exact) mass is 608 g/mol. The molecule has 0 saturated carbocycles. The Kier molecular flexibility index (Phi) is 9.91. The van der Waals surface area contributed by atoms with Gasteiger partial charge in [-0.1, -0.05) is 42.3 Å². The number of aryl methyl sites for hydroxylation is 1. The molecular formula is C30H41ClN10O2. The molecule has 2 saturated heterocycles. The SMILES string of the molecule is CC[C@H]1CN(c2nc(N)c(C(=O)NCCO)nc2Cl)CCN1C1CCN(Cc2ccc(C)cc2-c2cnc(N)nc2)CC1. The molecule has 12 nitrogen and oxygen atoms in total. The van der Waals surface area contributed by atoms with Crippen molar-refractivity contribution in [3.8, 4) is 11.1 Å². The zero-order chi connectivity index (χ0) is 30.5. The molecule has 0 spiro atoms. The van der Waals surface area contributed by atoms with Crippen molar-refractivity contribution in [2.45, 2.75) is 51.7 Å². The number of anilines is 3. The summed E-state index contributed by atoms with van der Waals surface area (Å²) < 4.78 is 0. The number of nitrogen functional groups attached to an aromatic ring is 2. The molecule has 43 heavy (non-hydrogen) atoms. The van der Waals surface area contributed by atoms with E-state index in [4.69, 9.17) is 28.2 Å². The number of piperidine rings is 1. The lowest BCUT2D eigenvalue weighted by Gasteiger charge is -2.47. The van der Waals surface area contributed by atoms with Gasteiger partial charge in [-0.2, -0.15) is 0 Å². The number of hydrogen-bond donors (Lipinski definition) is 4. The van der Waals surface area contributed by atoms with Gasteiger partial charge in [0.1, 0.15) is 0 Å². The van der Waals surface area contributed by atoms with Crippen LogP contribution >= 0.6 is 11.6 Å². The number of carbonyl (C=O) groups is 1. The summed E-state index contributed by atoms with van der Waals surface area (Å²) in [7, 11) is 0. The number of carbonyl (C=O) groups excluding carboxylic acids is 1. The Balaban J connectivity index is 1.20. The summed E-state index contributed by atoms with van der Waals surface area (Å²) >= 11 is 6.51. The Morgan fingerprint density at radius 2 is 1.86 bits per heavy atom. The number of aliphatic hydroxyl groups excluding tert-OH is 1. The normalized spacial score (nSPS) is 18.6. The summed E-state index contributed by atoms with van der Waals surface area (Å²) in [4.78, 5) is 36.8. The number of rotatable bonds is 9. The highest BCUT2D eigenvalue weighted by molar-refractivity contribution is 6.32. The molecular weight excluding hydrogens is 568 g/mol. The average molecular weight is 609 g/mol. The predicted octanol–water partition coefficient (Wildman–Crippen LogP) is 2.35. The molecule has 3 aromatic rings. The molecule has 2 aromatic heterocycles. The third-order valence-corrected chi connectivity index (χ3v) is 8.70. The van der Waals surface area contributed by atoms with Crippen molar-refractivity contribution in [1.29, 1.82) is 0 Å². The number of hydrogen-bond acceptors (Lipinski definition) is 11. The van der Waals surface area contributed by atoms with Crippen molar-refractivity contribution in [2.75, 3.05) is 62.2 Å². The molecule has 2 aliphatic rings. The maximum atomic E-state index is 12.3. The van der Waals surface area contributed by atoms with Crippen LogP contribution in [0.25, 0.3) is 11.1 Å². The van der Waals surface area contributed by atoms with E-state index in [1.807, 2.05) is 0 Å². The summed E-state index contributed by atoms with van der Waals surface area (Å²) in [5.74, 6) is 0.307. The number of amides is 1. The van der Waals surface area contributed by atoms with Gasteiger partial charge in [-0.15, -0.1) is 0 Å². The number of nitrogens with two attached hydrogens (primary N) is 2. The van der Waals surface area contributed by atoms with Gasteiger partial charge in [-0.3, -0.25) is 14.6 Å². The van der Waals surface area contributed by atoms with Crippen molar-refractivity contribution in [3.05, 3.63) is 52.6 Å². The van der Waals surface area contributed by atoms with E-state index in [1.165, 1.54) is 11.1 Å². The molecule has 1 aromatic carbocycles. The van der Waals surface area contributed by atoms with Crippen molar-refractivity contribution in [1.82, 2.24) is 35.1 Å². The first-order valence-electron chi connectivity index (χ1n) is 14.9. The Morgan fingerprint density at radius 3 is 2.56 bits per heavy atom. The lowest BCUT2D eigenvalue weighted by Crippen LogP contribution is -2.58. The summed E-state index contributed by atoms with van der Waals surface area (Å²) in [6.07, 6.45) is 6.81. The third-order valence-electron chi connectivity index (χ3n) is 8.44. The van der Waals surface area contributed by atoms with E-state index >= 15 is 0 Å². The smallest absolute Gasteiger partial charge is 0.273 e. The number of likely N-dealkylation sites (tertiary alicyclic amines) is 1. The second-order valence-electron chi connectivity index (χ2n) is 11.3. The third kappa shape index (κ3) is 7.15. The second kappa shape index (κ2) is 13.8. The number of aliphatic hydroxyl groups is 1. The van der Waals surface area contributed by atoms with Gasteiger partial charge in [-0.25, -0.2) is 19.9 Å². The number of piperazine rings is 1. The minimum absolute atomic E-state index is 0.0262. The van der Waals surface area contributed by atoms with Crippen molar-refractivity contribution in [2.24, 2.45) is 0 Å². The molecule has 6 N–H and O–H groups in total. The highest BCUT2D eigenvalue weighted by atomic mass is 35.5. The van der Waals surface area contributed by atoms with Crippen LogP contribution in [0.2, 0.25) is 5.15 Å². The van der Waals surface area contributed by atoms with Gasteiger partial charge in [0, 0.05) is 62.8 Å². The molecule has 0 bridgehead atoms. The van der Waals surface area contributed by atoms with Gasteiger partial charge >= 0.3 is 0 Å². The standard InChI is InChI=1S/C30H41ClN10O2/c1-3-22-18-40(28-26(31)37-25(27(32)38-28)29(43)34-8-13-42)11-12-41(22)23-6-9-39(10-7-23)17-20-5-4-19(2)14-24(20)21-15-35-30(33)36-16-21/h4-5,14-16,22-23,42H,3,6-13,17-18H2,1-2H3,(H2,32,38)(H,34,43)(H2,33,35,36)/t22-/m0/s1. The highest BCUT2D eigenvalue weighted by Gasteiger charge is 2.34. The topological polar surface area (TPSA) is 163 Å². The minimum Gasteiger partial charge on any atom is -0.395 e. The second-order valence-corrected chi connectivity index (χ2v) is 11.7. The summed E-state index contributed by atoms with van der Waals surface area (Å²) in [6.45, 7) is 9.57. The minimum atomic E-state index is -0.507. The van der Waals surface area contributed by atoms with Crippen LogP contribution in [0, 0.1) is 6.92 Å². The number of nitrogens with one attached hydrogen (secondary N) is 1. The van der Waals surface area contributed by atoms with E-state index < -0.39 is 5.91 Å². The van der Waals surface area contributed by atoms with E-state index in [0.717, 1.165) is 69.7 Å².